The number of allylic oxidation sites excluding steroid dienone is 3. The van der Waals surface area contributed by atoms with Gasteiger partial charge in [-0.25, -0.2) is 14.5 Å². The van der Waals surface area contributed by atoms with E-state index in [-0.39, 0.29) is 48.5 Å². The zero-order valence-electron chi connectivity index (χ0n) is 29.0. The smallest absolute Gasteiger partial charge is 0.345 e. The highest BCUT2D eigenvalue weighted by molar-refractivity contribution is 6.33. The number of anilines is 1. The van der Waals surface area contributed by atoms with Gasteiger partial charge in [-0.2, -0.15) is 4.89 Å². The Balaban J connectivity index is 1.91. The van der Waals surface area contributed by atoms with Crippen LogP contribution in [0.4, 0.5) is 5.69 Å². The zero-order chi connectivity index (χ0) is 38.5. The Hall–Kier alpha value is -5.02. The molecule has 52 heavy (non-hydrogen) atoms. The van der Waals surface area contributed by atoms with Crippen LogP contribution in [0.1, 0.15) is 69.1 Å². The summed E-state index contributed by atoms with van der Waals surface area (Å²) in [4.78, 5) is 68.6. The summed E-state index contributed by atoms with van der Waals surface area (Å²) < 4.78 is 17.0. The minimum Gasteiger partial charge on any atom is -0.487 e. The number of carboxylic acid groups (broad SMARTS) is 3. The SMILES string of the molecule is C=CCC(CC)C1(C)OOC1(OC)c1ccc(/C=C/C=C/C(=O)OC(CC(=O)O)C(=O)O)c(OCc2ccc(NC(=O)CCCC(=O)O)cc2)c1Cl. The van der Waals surface area contributed by atoms with Gasteiger partial charge in [-0.3, -0.25) is 14.4 Å². The second kappa shape index (κ2) is 19.0. The molecule has 2 aromatic carbocycles. The molecular weight excluding hydrogens is 702 g/mol. The standard InChI is InChI=1S/C37H42ClNO13/c1-5-10-25(6-2)36(3)37(48-4,52-51-36)27-20-17-24(11-7-8-14-32(45)50-28(35(46)47)21-31(43)44)34(33(27)38)49-22-23-15-18-26(19-16-23)39-29(40)12-9-13-30(41)42/h5,7-8,11,14-20,25,28H,1,6,9-10,12-13,21-22H2,2-4H3,(H,39,40)(H,41,42)(H,43,44)(H,46,47)/b11-7+,14-8+. The fourth-order valence-electron chi connectivity index (χ4n) is 5.60. The number of carbonyl (C=O) groups excluding carboxylic acids is 2. The summed E-state index contributed by atoms with van der Waals surface area (Å²) in [6.45, 7) is 7.77. The topological polar surface area (TPSA) is 204 Å². The number of hydrogen-bond acceptors (Lipinski definition) is 10. The van der Waals surface area contributed by atoms with Crippen LogP contribution in [0.15, 0.2) is 67.3 Å². The molecule has 1 heterocycles. The highest BCUT2D eigenvalue weighted by atomic mass is 35.5. The van der Waals surface area contributed by atoms with Crippen LogP contribution < -0.4 is 10.1 Å². The van der Waals surface area contributed by atoms with Crippen molar-refractivity contribution in [1.29, 1.82) is 0 Å². The Bertz CT molecular complexity index is 1680. The third kappa shape index (κ3) is 10.3. The molecule has 1 aliphatic heterocycles. The van der Waals surface area contributed by atoms with Crippen molar-refractivity contribution in [2.45, 2.75) is 76.5 Å². The van der Waals surface area contributed by atoms with Gasteiger partial charge in [0.15, 0.2) is 5.60 Å². The van der Waals surface area contributed by atoms with Crippen LogP contribution in [-0.4, -0.2) is 63.9 Å². The van der Waals surface area contributed by atoms with Gasteiger partial charge in [0.05, 0.1) is 11.4 Å². The fraction of sp³-hybridized carbons (Fsp3) is 0.378. The molecule has 1 amide bonds. The number of hydrogen-bond donors (Lipinski definition) is 4. The molecule has 0 aliphatic carbocycles. The number of aliphatic carboxylic acids is 3. The summed E-state index contributed by atoms with van der Waals surface area (Å²) in [6, 6.07) is 10.2. The van der Waals surface area contributed by atoms with Crippen molar-refractivity contribution in [2.75, 3.05) is 12.4 Å². The number of esters is 1. The molecule has 0 aromatic heterocycles. The molecule has 0 radical (unpaired) electrons. The molecule has 15 heteroatoms. The maximum atomic E-state index is 12.2. The molecule has 4 N–H and O–H groups in total. The monoisotopic (exact) mass is 743 g/mol. The number of nitrogens with one attached hydrogen (secondary N) is 1. The van der Waals surface area contributed by atoms with E-state index < -0.39 is 47.8 Å². The molecule has 4 atom stereocenters. The van der Waals surface area contributed by atoms with Gasteiger partial charge >= 0.3 is 23.9 Å². The van der Waals surface area contributed by atoms with Crippen LogP contribution >= 0.6 is 11.6 Å². The highest BCUT2D eigenvalue weighted by Crippen LogP contribution is 2.57. The minimum absolute atomic E-state index is 0.0296. The lowest BCUT2D eigenvalue weighted by molar-refractivity contribution is -0.624. The van der Waals surface area contributed by atoms with Gasteiger partial charge in [0, 0.05) is 42.8 Å². The van der Waals surface area contributed by atoms with Gasteiger partial charge in [0.2, 0.25) is 12.0 Å². The first-order valence-corrected chi connectivity index (χ1v) is 16.7. The summed E-state index contributed by atoms with van der Waals surface area (Å²) in [7, 11) is 1.48. The van der Waals surface area contributed by atoms with Crippen LogP contribution in [0.2, 0.25) is 5.02 Å². The molecule has 3 rings (SSSR count). The Morgan fingerprint density at radius 1 is 1.00 bits per heavy atom. The number of amides is 1. The van der Waals surface area contributed by atoms with E-state index in [0.29, 0.717) is 28.8 Å². The van der Waals surface area contributed by atoms with E-state index in [4.69, 9.17) is 50.9 Å². The number of benzene rings is 2. The number of rotatable bonds is 21. The van der Waals surface area contributed by atoms with E-state index in [2.05, 4.69) is 11.9 Å². The fourth-order valence-corrected chi connectivity index (χ4v) is 5.96. The molecule has 1 fully saturated rings. The minimum atomic E-state index is -1.85. The quantitative estimate of drug-likeness (QED) is 0.0366. The number of halogens is 1. The predicted octanol–water partition coefficient (Wildman–Crippen LogP) is 6.27. The van der Waals surface area contributed by atoms with Crippen molar-refractivity contribution in [2.24, 2.45) is 5.92 Å². The van der Waals surface area contributed by atoms with E-state index in [0.717, 1.165) is 12.5 Å². The predicted molar refractivity (Wildman–Crippen MR) is 188 cm³/mol. The lowest BCUT2D eigenvalue weighted by Crippen LogP contribution is -2.67. The number of methoxy groups -OCH3 is 1. The summed E-state index contributed by atoms with van der Waals surface area (Å²) in [5, 5.41) is 29.7. The molecule has 14 nitrogen and oxygen atoms in total. The molecule has 4 unspecified atom stereocenters. The average Bonchev–Trinajstić information content (AvgIpc) is 3.09. The van der Waals surface area contributed by atoms with Crippen molar-refractivity contribution in [3.05, 3.63) is 89.0 Å². The van der Waals surface area contributed by atoms with Gasteiger partial charge in [-0.05, 0) is 49.8 Å². The first-order valence-electron chi connectivity index (χ1n) is 16.3. The maximum Gasteiger partial charge on any atom is 0.345 e. The molecular formula is C37H42ClNO13. The van der Waals surface area contributed by atoms with Gasteiger partial charge in [-0.1, -0.05) is 67.1 Å². The van der Waals surface area contributed by atoms with Gasteiger partial charge < -0.3 is 34.8 Å². The average molecular weight is 744 g/mol. The van der Waals surface area contributed by atoms with Crippen LogP contribution in [0.25, 0.3) is 6.08 Å². The first kappa shape index (κ1) is 41.4. The Morgan fingerprint density at radius 2 is 1.71 bits per heavy atom. The summed E-state index contributed by atoms with van der Waals surface area (Å²) in [6.07, 6.45) is 5.80. The molecule has 1 saturated heterocycles. The van der Waals surface area contributed by atoms with E-state index >= 15 is 0 Å². The number of carboxylic acids is 3. The molecule has 0 bridgehead atoms. The molecule has 0 spiro atoms. The van der Waals surface area contributed by atoms with E-state index in [1.807, 2.05) is 13.8 Å². The Labute approximate surface area is 305 Å². The summed E-state index contributed by atoms with van der Waals surface area (Å²) in [5.74, 6) is -6.63. The van der Waals surface area contributed by atoms with E-state index in [9.17, 15) is 24.0 Å². The van der Waals surface area contributed by atoms with Crippen molar-refractivity contribution in [3.63, 3.8) is 0 Å². The first-order chi connectivity index (χ1) is 24.7. The molecule has 280 valence electrons. The van der Waals surface area contributed by atoms with Crippen LogP contribution in [0.5, 0.6) is 5.75 Å². The molecule has 1 aliphatic rings. The Morgan fingerprint density at radius 3 is 2.27 bits per heavy atom. The second-order valence-corrected chi connectivity index (χ2v) is 12.3. The van der Waals surface area contributed by atoms with Crippen molar-refractivity contribution >= 4 is 53.1 Å². The second-order valence-electron chi connectivity index (χ2n) is 11.9. The Kier molecular flexibility index (Phi) is 15.1. The van der Waals surface area contributed by atoms with Gasteiger partial charge in [0.1, 0.15) is 12.4 Å². The summed E-state index contributed by atoms with van der Waals surface area (Å²) >= 11 is 7.07. The van der Waals surface area contributed by atoms with E-state index in [1.54, 1.807) is 48.6 Å². The largest absolute Gasteiger partial charge is 0.487 e. The van der Waals surface area contributed by atoms with Gasteiger partial charge in [0.25, 0.3) is 5.79 Å². The van der Waals surface area contributed by atoms with Crippen molar-refractivity contribution in [1.82, 2.24) is 0 Å². The third-order valence-corrected chi connectivity index (χ3v) is 8.78. The number of carbonyl (C=O) groups is 5. The van der Waals surface area contributed by atoms with Crippen LogP contribution in [0.3, 0.4) is 0 Å². The zero-order valence-corrected chi connectivity index (χ0v) is 29.7. The maximum absolute atomic E-state index is 12.2. The summed E-state index contributed by atoms with van der Waals surface area (Å²) in [5.41, 5.74) is 1.16. The van der Waals surface area contributed by atoms with Crippen molar-refractivity contribution < 1.29 is 63.3 Å². The van der Waals surface area contributed by atoms with E-state index in [1.165, 1.54) is 19.3 Å². The lowest BCUT2D eigenvalue weighted by Gasteiger charge is -2.56. The molecule has 0 saturated carbocycles. The highest BCUT2D eigenvalue weighted by Gasteiger charge is 2.67. The number of ether oxygens (including phenoxy) is 3. The normalized spacial score (nSPS) is 19.4. The van der Waals surface area contributed by atoms with Crippen molar-refractivity contribution in [3.8, 4) is 5.75 Å². The lowest BCUT2D eigenvalue weighted by atomic mass is 9.74. The third-order valence-electron chi connectivity index (χ3n) is 8.41. The van der Waals surface area contributed by atoms with Crippen LogP contribution in [-0.2, 0) is 55.6 Å². The molecule has 2 aromatic rings. The van der Waals surface area contributed by atoms with Gasteiger partial charge in [-0.15, -0.1) is 6.58 Å². The van der Waals surface area contributed by atoms with Crippen LogP contribution in [0, 0.1) is 5.92 Å².